The molecule has 22 heavy (non-hydrogen) atoms. The van der Waals surface area contributed by atoms with Gasteiger partial charge in [-0.3, -0.25) is 9.78 Å². The first-order valence-corrected chi connectivity index (χ1v) is 7.13. The van der Waals surface area contributed by atoms with Crippen LogP contribution in [0.3, 0.4) is 0 Å². The van der Waals surface area contributed by atoms with Crippen LogP contribution in [0.1, 0.15) is 12.8 Å². The number of pyridine rings is 1. The van der Waals surface area contributed by atoms with Crippen molar-refractivity contribution in [1.29, 1.82) is 0 Å². The van der Waals surface area contributed by atoms with E-state index < -0.39 is 0 Å². The Hall–Kier alpha value is -2.70. The van der Waals surface area contributed by atoms with Gasteiger partial charge >= 0.3 is 0 Å². The van der Waals surface area contributed by atoms with Crippen molar-refractivity contribution in [3.63, 3.8) is 0 Å². The number of piperidine rings is 1. The number of nitrogens with one attached hydrogen (secondary N) is 1. The van der Waals surface area contributed by atoms with Gasteiger partial charge in [-0.05, 0) is 25.0 Å². The van der Waals surface area contributed by atoms with E-state index in [0.717, 1.165) is 18.5 Å². The molecule has 0 spiro atoms. The molecule has 1 saturated heterocycles. The number of rotatable bonds is 4. The first kappa shape index (κ1) is 14.2. The number of anilines is 2. The maximum atomic E-state index is 12.6. The summed E-state index contributed by atoms with van der Waals surface area (Å²) >= 11 is 0. The van der Waals surface area contributed by atoms with E-state index in [1.54, 1.807) is 36.7 Å². The number of hydrogen-bond donors (Lipinski definition) is 1. The highest BCUT2D eigenvalue weighted by Crippen LogP contribution is 2.21. The molecule has 0 radical (unpaired) electrons. The molecular weight excluding hydrogens is 282 g/mol. The first-order valence-electron chi connectivity index (χ1n) is 7.13. The summed E-state index contributed by atoms with van der Waals surface area (Å²) in [5.74, 6) is 0.862. The third kappa shape index (κ3) is 2.98. The highest BCUT2D eigenvalue weighted by Gasteiger charge is 2.30. The molecule has 0 unspecified atom stereocenters. The Labute approximate surface area is 128 Å². The van der Waals surface area contributed by atoms with Crippen molar-refractivity contribution >= 4 is 17.5 Å². The normalized spacial score (nSPS) is 18.1. The molecule has 0 bridgehead atoms. The number of ether oxygens (including phenoxy) is 1. The lowest BCUT2D eigenvalue weighted by atomic mass is 10.0. The van der Waals surface area contributed by atoms with Gasteiger partial charge in [-0.1, -0.05) is 0 Å². The predicted molar refractivity (Wildman–Crippen MR) is 81.8 cm³/mol. The molecule has 1 amide bonds. The average molecular weight is 299 g/mol. The highest BCUT2D eigenvalue weighted by atomic mass is 16.5. The fraction of sp³-hybridized carbons (Fsp3) is 0.333. The van der Waals surface area contributed by atoms with Crippen molar-refractivity contribution < 1.29 is 9.53 Å². The molecule has 0 aromatic carbocycles. The molecule has 3 heterocycles. The van der Waals surface area contributed by atoms with Gasteiger partial charge in [-0.15, -0.1) is 0 Å². The fourth-order valence-electron chi connectivity index (χ4n) is 2.46. The monoisotopic (exact) mass is 299 g/mol. The molecule has 1 atom stereocenters. The van der Waals surface area contributed by atoms with Crippen LogP contribution < -0.4 is 15.0 Å². The van der Waals surface area contributed by atoms with Gasteiger partial charge in [-0.25, -0.2) is 4.98 Å². The topological polar surface area (TPSA) is 80.2 Å². The zero-order valence-electron chi connectivity index (χ0n) is 12.3. The van der Waals surface area contributed by atoms with E-state index in [-0.39, 0.29) is 11.9 Å². The molecule has 0 aliphatic carbocycles. The molecule has 3 rings (SSSR count). The van der Waals surface area contributed by atoms with Crippen molar-refractivity contribution in [2.24, 2.45) is 0 Å². The van der Waals surface area contributed by atoms with Gasteiger partial charge in [0.05, 0.1) is 19.0 Å². The summed E-state index contributed by atoms with van der Waals surface area (Å²) in [6.07, 6.45) is 6.64. The van der Waals surface area contributed by atoms with E-state index >= 15 is 0 Å². The third-order valence-electron chi connectivity index (χ3n) is 3.54. The van der Waals surface area contributed by atoms with Crippen LogP contribution in [0.5, 0.6) is 5.88 Å². The average Bonchev–Trinajstić information content (AvgIpc) is 2.58. The summed E-state index contributed by atoms with van der Waals surface area (Å²) in [5.41, 5.74) is 0.811. The summed E-state index contributed by atoms with van der Waals surface area (Å²) in [5, 5.41) is 3.09. The molecule has 2 aromatic heterocycles. The number of methoxy groups -OCH3 is 1. The van der Waals surface area contributed by atoms with Crippen molar-refractivity contribution in [3.8, 4) is 5.88 Å². The maximum Gasteiger partial charge on any atom is 0.249 e. The van der Waals surface area contributed by atoms with Gasteiger partial charge in [-0.2, -0.15) is 4.98 Å². The van der Waals surface area contributed by atoms with Crippen LogP contribution in [-0.2, 0) is 4.79 Å². The number of hydrogen-bond acceptors (Lipinski definition) is 6. The largest absolute Gasteiger partial charge is 0.481 e. The first-order chi connectivity index (χ1) is 10.8. The number of amides is 1. The van der Waals surface area contributed by atoms with Crippen LogP contribution in [-0.4, -0.2) is 40.6 Å². The Morgan fingerprint density at radius 1 is 1.36 bits per heavy atom. The second kappa shape index (κ2) is 6.38. The molecule has 1 aliphatic rings. The molecule has 1 fully saturated rings. The summed E-state index contributed by atoms with van der Waals surface area (Å²) in [6.45, 7) is 0.696. The van der Waals surface area contributed by atoms with Gasteiger partial charge in [0.2, 0.25) is 17.7 Å². The zero-order valence-corrected chi connectivity index (χ0v) is 12.3. The quantitative estimate of drug-likeness (QED) is 0.921. The van der Waals surface area contributed by atoms with Gasteiger partial charge in [0.1, 0.15) is 6.04 Å². The second-order valence-electron chi connectivity index (χ2n) is 4.96. The van der Waals surface area contributed by atoms with Gasteiger partial charge in [0.15, 0.2) is 0 Å². The van der Waals surface area contributed by atoms with Crippen LogP contribution in [0.2, 0.25) is 0 Å². The van der Waals surface area contributed by atoms with Crippen LogP contribution in [0.4, 0.5) is 11.6 Å². The predicted octanol–water partition coefficient (Wildman–Crippen LogP) is 1.49. The maximum absolute atomic E-state index is 12.6. The Balaban J connectivity index is 1.75. The molecule has 7 nitrogen and oxygen atoms in total. The summed E-state index contributed by atoms with van der Waals surface area (Å²) in [4.78, 5) is 26.8. The lowest BCUT2D eigenvalue weighted by Crippen LogP contribution is -2.48. The van der Waals surface area contributed by atoms with E-state index in [0.29, 0.717) is 18.4 Å². The van der Waals surface area contributed by atoms with Gasteiger partial charge < -0.3 is 15.0 Å². The number of carbonyl (C=O) groups is 1. The third-order valence-corrected chi connectivity index (χ3v) is 3.54. The van der Waals surface area contributed by atoms with Crippen LogP contribution in [0.25, 0.3) is 0 Å². The van der Waals surface area contributed by atoms with E-state index in [1.807, 2.05) is 12.1 Å². The molecule has 114 valence electrons. The van der Waals surface area contributed by atoms with Crippen LogP contribution >= 0.6 is 0 Å². The number of nitrogens with zero attached hydrogens (tertiary/aromatic N) is 4. The Morgan fingerprint density at radius 2 is 2.27 bits per heavy atom. The molecular formula is C15H17N5O2. The standard InChI is InChI=1S/C15H17N5O2/c1-22-13-6-8-17-15(19-13)18-12-5-3-9-20(14(12)21)11-4-2-7-16-10-11/h2,4,6-8,10,12H,3,5,9H2,1H3,(H,17,18,19)/t12-/m0/s1. The van der Waals surface area contributed by atoms with E-state index in [4.69, 9.17) is 4.74 Å². The fourth-order valence-corrected chi connectivity index (χ4v) is 2.46. The highest BCUT2D eigenvalue weighted by molar-refractivity contribution is 5.99. The van der Waals surface area contributed by atoms with Crippen LogP contribution in [0, 0.1) is 0 Å². The van der Waals surface area contributed by atoms with E-state index in [2.05, 4.69) is 20.3 Å². The van der Waals surface area contributed by atoms with Crippen molar-refractivity contribution in [2.45, 2.75) is 18.9 Å². The number of carbonyl (C=O) groups excluding carboxylic acids is 1. The molecule has 2 aromatic rings. The molecule has 1 aliphatic heterocycles. The van der Waals surface area contributed by atoms with Gasteiger partial charge in [0.25, 0.3) is 0 Å². The van der Waals surface area contributed by atoms with Crippen molar-refractivity contribution in [3.05, 3.63) is 36.8 Å². The Bertz CT molecular complexity index is 649. The molecule has 0 saturated carbocycles. The lowest BCUT2D eigenvalue weighted by molar-refractivity contribution is -0.120. The second-order valence-corrected chi connectivity index (χ2v) is 4.96. The minimum atomic E-state index is -0.346. The smallest absolute Gasteiger partial charge is 0.249 e. The molecule has 1 N–H and O–H groups in total. The molecule has 7 heteroatoms. The van der Waals surface area contributed by atoms with Crippen molar-refractivity contribution in [1.82, 2.24) is 15.0 Å². The van der Waals surface area contributed by atoms with E-state index in [1.165, 1.54) is 0 Å². The minimum absolute atomic E-state index is 0.00525. The van der Waals surface area contributed by atoms with Crippen LogP contribution in [0.15, 0.2) is 36.8 Å². The lowest BCUT2D eigenvalue weighted by Gasteiger charge is -2.32. The Morgan fingerprint density at radius 3 is 3.05 bits per heavy atom. The Kier molecular flexibility index (Phi) is 4.13. The SMILES string of the molecule is COc1ccnc(N[C@H]2CCCN(c3cccnc3)C2=O)n1. The summed E-state index contributed by atoms with van der Waals surface area (Å²) in [7, 11) is 1.54. The number of aromatic nitrogens is 3. The van der Waals surface area contributed by atoms with E-state index in [9.17, 15) is 4.79 Å². The van der Waals surface area contributed by atoms with Crippen molar-refractivity contribution in [2.75, 3.05) is 23.9 Å². The summed E-state index contributed by atoms with van der Waals surface area (Å²) < 4.78 is 5.07. The zero-order chi connectivity index (χ0) is 15.4. The summed E-state index contributed by atoms with van der Waals surface area (Å²) in [6, 6.07) is 5.02. The minimum Gasteiger partial charge on any atom is -0.481 e. The van der Waals surface area contributed by atoms with Gasteiger partial charge in [0, 0.05) is 25.0 Å².